The minimum Gasteiger partial charge on any atom is -0.443 e. The number of amides is 1. The standard InChI is InChI=1S/C20H33NO5Si/c1-7-11-17(26-27(5,6)20(2,3)4)14-18(22)25-21-19(23)24-15-16-12-9-8-10-13-16/h8-10,12-13,17H,7,11,14-15H2,1-6H3,(H,21,23). The molecule has 1 N–H and O–H groups in total. The molecule has 0 aliphatic heterocycles. The van der Waals surface area contributed by atoms with Gasteiger partial charge in [-0.1, -0.05) is 64.4 Å². The highest BCUT2D eigenvalue weighted by Crippen LogP contribution is 2.38. The van der Waals surface area contributed by atoms with E-state index in [9.17, 15) is 9.59 Å². The molecule has 152 valence electrons. The Hall–Kier alpha value is -1.86. The Morgan fingerprint density at radius 1 is 1.15 bits per heavy atom. The molecule has 7 heteroatoms. The van der Waals surface area contributed by atoms with Crippen LogP contribution in [0.25, 0.3) is 0 Å². The van der Waals surface area contributed by atoms with Gasteiger partial charge in [0.15, 0.2) is 8.32 Å². The van der Waals surface area contributed by atoms with E-state index in [1.807, 2.05) is 42.7 Å². The molecular weight excluding hydrogens is 362 g/mol. The second kappa shape index (κ2) is 10.5. The van der Waals surface area contributed by atoms with E-state index in [2.05, 4.69) is 33.9 Å². The van der Waals surface area contributed by atoms with Crippen molar-refractivity contribution in [2.75, 3.05) is 0 Å². The average Bonchev–Trinajstić information content (AvgIpc) is 2.58. The van der Waals surface area contributed by atoms with E-state index >= 15 is 0 Å². The molecule has 0 aliphatic carbocycles. The van der Waals surface area contributed by atoms with E-state index in [0.717, 1.165) is 18.4 Å². The van der Waals surface area contributed by atoms with Crippen LogP contribution in [0.2, 0.25) is 18.1 Å². The highest BCUT2D eigenvalue weighted by molar-refractivity contribution is 6.74. The first-order valence-electron chi connectivity index (χ1n) is 9.39. The lowest BCUT2D eigenvalue weighted by Crippen LogP contribution is -2.44. The Morgan fingerprint density at radius 2 is 1.78 bits per heavy atom. The Labute approximate surface area is 163 Å². The van der Waals surface area contributed by atoms with Crippen LogP contribution in [0.3, 0.4) is 0 Å². The Bertz CT molecular complexity index is 598. The first kappa shape index (κ1) is 23.2. The Kier molecular flexibility index (Phi) is 8.98. The number of nitrogens with one attached hydrogen (secondary N) is 1. The van der Waals surface area contributed by atoms with Crippen molar-refractivity contribution in [3.05, 3.63) is 35.9 Å². The number of hydrogen-bond donors (Lipinski definition) is 1. The van der Waals surface area contributed by atoms with E-state index in [0.29, 0.717) is 0 Å². The van der Waals surface area contributed by atoms with E-state index in [1.165, 1.54) is 0 Å². The summed E-state index contributed by atoms with van der Waals surface area (Å²) in [5.41, 5.74) is 2.89. The zero-order chi connectivity index (χ0) is 20.5. The van der Waals surface area contributed by atoms with Crippen LogP contribution in [0.1, 0.15) is 52.5 Å². The van der Waals surface area contributed by atoms with Gasteiger partial charge < -0.3 is 14.0 Å². The maximum atomic E-state index is 12.1. The third-order valence-corrected chi connectivity index (χ3v) is 9.27. The molecule has 0 aromatic heterocycles. The quantitative estimate of drug-likeness (QED) is 0.498. The summed E-state index contributed by atoms with van der Waals surface area (Å²) in [6.45, 7) is 12.9. The molecule has 0 saturated carbocycles. The van der Waals surface area contributed by atoms with Crippen molar-refractivity contribution in [3.8, 4) is 0 Å². The largest absolute Gasteiger partial charge is 0.443 e. The minimum absolute atomic E-state index is 0.0579. The van der Waals surface area contributed by atoms with Gasteiger partial charge in [0.2, 0.25) is 0 Å². The molecule has 0 heterocycles. The summed E-state index contributed by atoms with van der Waals surface area (Å²) >= 11 is 0. The van der Waals surface area contributed by atoms with Gasteiger partial charge in [0, 0.05) is 0 Å². The maximum absolute atomic E-state index is 12.1. The molecule has 0 bridgehead atoms. The lowest BCUT2D eigenvalue weighted by atomic mass is 10.1. The third-order valence-electron chi connectivity index (χ3n) is 4.73. The number of benzene rings is 1. The highest BCUT2D eigenvalue weighted by Gasteiger charge is 2.39. The SMILES string of the molecule is CCCC(CC(=O)ONC(=O)OCc1ccccc1)O[Si](C)(C)C(C)(C)C. The lowest BCUT2D eigenvalue weighted by Gasteiger charge is -2.39. The van der Waals surface area contributed by atoms with Crippen molar-refractivity contribution in [2.24, 2.45) is 0 Å². The molecule has 27 heavy (non-hydrogen) atoms. The average molecular weight is 396 g/mol. The molecule has 0 fully saturated rings. The van der Waals surface area contributed by atoms with E-state index in [4.69, 9.17) is 14.0 Å². The number of hydroxylamine groups is 1. The first-order valence-corrected chi connectivity index (χ1v) is 12.3. The van der Waals surface area contributed by atoms with Crippen LogP contribution >= 0.6 is 0 Å². The smallest absolute Gasteiger partial charge is 0.441 e. The fourth-order valence-corrected chi connectivity index (χ4v) is 3.58. The van der Waals surface area contributed by atoms with Gasteiger partial charge in [0.05, 0.1) is 12.5 Å². The predicted octanol–water partition coefficient (Wildman–Crippen LogP) is 4.95. The zero-order valence-electron chi connectivity index (χ0n) is 17.3. The molecule has 1 rings (SSSR count). The summed E-state index contributed by atoms with van der Waals surface area (Å²) in [7, 11) is -1.99. The summed E-state index contributed by atoms with van der Waals surface area (Å²) in [5.74, 6) is -0.538. The summed E-state index contributed by atoms with van der Waals surface area (Å²) in [4.78, 5) is 28.6. The third kappa shape index (κ3) is 8.58. The first-order chi connectivity index (χ1) is 12.5. The van der Waals surface area contributed by atoms with Gasteiger partial charge >= 0.3 is 12.1 Å². The number of ether oxygens (including phenoxy) is 1. The van der Waals surface area contributed by atoms with E-state index < -0.39 is 20.4 Å². The van der Waals surface area contributed by atoms with Crippen molar-refractivity contribution in [1.82, 2.24) is 5.48 Å². The van der Waals surface area contributed by atoms with Gasteiger partial charge in [0.25, 0.3) is 0 Å². The summed E-state index contributed by atoms with van der Waals surface area (Å²) in [5, 5.41) is 0.0579. The Balaban J connectivity index is 2.44. The molecule has 1 aromatic rings. The van der Waals surface area contributed by atoms with Gasteiger partial charge in [-0.25, -0.2) is 9.59 Å². The fraction of sp³-hybridized carbons (Fsp3) is 0.600. The van der Waals surface area contributed by atoms with Gasteiger partial charge in [-0.05, 0) is 30.1 Å². The molecule has 0 saturated heterocycles. The highest BCUT2D eigenvalue weighted by atomic mass is 28.4. The lowest BCUT2D eigenvalue weighted by molar-refractivity contribution is -0.152. The zero-order valence-corrected chi connectivity index (χ0v) is 18.3. The van der Waals surface area contributed by atoms with Crippen LogP contribution in [0.5, 0.6) is 0 Å². The number of carbonyl (C=O) groups is 2. The van der Waals surface area contributed by atoms with Gasteiger partial charge in [-0.3, -0.25) is 0 Å². The summed E-state index contributed by atoms with van der Waals surface area (Å²) in [6, 6.07) is 9.27. The van der Waals surface area contributed by atoms with Crippen molar-refractivity contribution >= 4 is 20.4 Å². The molecule has 1 unspecified atom stereocenters. The molecule has 0 aliphatic rings. The van der Waals surface area contributed by atoms with Crippen molar-refractivity contribution < 1.29 is 23.6 Å². The number of rotatable bonds is 8. The van der Waals surface area contributed by atoms with Crippen molar-refractivity contribution in [1.29, 1.82) is 0 Å². The van der Waals surface area contributed by atoms with Crippen LogP contribution in [-0.4, -0.2) is 26.5 Å². The van der Waals surface area contributed by atoms with Crippen LogP contribution in [0, 0.1) is 0 Å². The molecule has 1 atom stereocenters. The van der Waals surface area contributed by atoms with Crippen LogP contribution in [-0.2, 0) is 25.4 Å². The normalized spacial score (nSPS) is 13.0. The van der Waals surface area contributed by atoms with E-state index in [1.54, 1.807) is 0 Å². The summed E-state index contributed by atoms with van der Waals surface area (Å²) in [6.07, 6.45) is 0.744. The molecule has 1 aromatic carbocycles. The monoisotopic (exact) mass is 395 g/mol. The Morgan fingerprint density at radius 3 is 2.33 bits per heavy atom. The fourth-order valence-electron chi connectivity index (χ4n) is 2.20. The van der Waals surface area contributed by atoms with Crippen molar-refractivity contribution in [3.63, 3.8) is 0 Å². The maximum Gasteiger partial charge on any atom is 0.441 e. The molecule has 0 spiro atoms. The topological polar surface area (TPSA) is 73.9 Å². The van der Waals surface area contributed by atoms with Crippen LogP contribution < -0.4 is 5.48 Å². The van der Waals surface area contributed by atoms with Crippen LogP contribution in [0.4, 0.5) is 4.79 Å². The predicted molar refractivity (Wildman–Crippen MR) is 107 cm³/mol. The van der Waals surface area contributed by atoms with Gasteiger partial charge in [0.1, 0.15) is 6.61 Å². The molecule has 0 radical (unpaired) electrons. The number of hydrogen-bond acceptors (Lipinski definition) is 5. The second-order valence-electron chi connectivity index (χ2n) is 8.13. The summed E-state index contributed by atoms with van der Waals surface area (Å²) < 4.78 is 11.3. The molecule has 1 amide bonds. The molecule has 6 nitrogen and oxygen atoms in total. The van der Waals surface area contributed by atoms with Gasteiger partial charge in [-0.2, -0.15) is 0 Å². The molecular formula is C20H33NO5Si. The van der Waals surface area contributed by atoms with Crippen LogP contribution in [0.15, 0.2) is 30.3 Å². The minimum atomic E-state index is -1.99. The van der Waals surface area contributed by atoms with E-state index in [-0.39, 0.29) is 24.2 Å². The number of carbonyl (C=O) groups excluding carboxylic acids is 2. The van der Waals surface area contributed by atoms with Crippen molar-refractivity contribution in [2.45, 2.75) is 77.8 Å². The van der Waals surface area contributed by atoms with Gasteiger partial charge in [-0.15, -0.1) is 5.48 Å². The second-order valence-corrected chi connectivity index (χ2v) is 12.9.